The Morgan fingerprint density at radius 2 is 1.91 bits per heavy atom. The zero-order valence-electron chi connectivity index (χ0n) is 12.9. The van der Waals surface area contributed by atoms with Gasteiger partial charge in [0.25, 0.3) is 0 Å². The van der Waals surface area contributed by atoms with Gasteiger partial charge < -0.3 is 25.7 Å². The molecule has 1 aromatic carbocycles. The monoisotopic (exact) mass is 308 g/mol. The number of benzene rings is 1. The number of hydrogen-bond acceptors (Lipinski definition) is 5. The van der Waals surface area contributed by atoms with Gasteiger partial charge in [0.1, 0.15) is 23.1 Å². The predicted molar refractivity (Wildman–Crippen MR) is 82.4 cm³/mol. The van der Waals surface area contributed by atoms with Gasteiger partial charge in [-0.3, -0.25) is 0 Å². The van der Waals surface area contributed by atoms with Crippen LogP contribution in [0.5, 0.6) is 11.5 Å². The predicted octanol–water partition coefficient (Wildman–Crippen LogP) is 1.67. The van der Waals surface area contributed by atoms with Crippen molar-refractivity contribution in [1.29, 1.82) is 0 Å². The first-order valence-electron chi connectivity index (χ1n) is 6.83. The third kappa shape index (κ3) is 3.08. The number of allylic oxidation sites excluding steroid dienone is 2. The number of nitrogens with two attached hydrogens (primary N) is 2. The second-order valence-electron chi connectivity index (χ2n) is 5.22. The van der Waals surface area contributed by atoms with Crippen molar-refractivity contribution in [1.82, 2.24) is 0 Å². The number of rotatable bonds is 5. The van der Waals surface area contributed by atoms with Crippen molar-refractivity contribution in [3.05, 3.63) is 47.5 Å². The van der Waals surface area contributed by atoms with Gasteiger partial charge in [0.15, 0.2) is 0 Å². The van der Waals surface area contributed by atoms with E-state index in [1.165, 1.54) is 19.3 Å². The van der Waals surface area contributed by atoms with Crippen molar-refractivity contribution in [3.8, 4) is 11.5 Å². The molecule has 0 saturated heterocycles. The Balaban J connectivity index is 2.35. The molecular formula is C16H21FN2O3. The van der Waals surface area contributed by atoms with Crippen molar-refractivity contribution in [2.45, 2.75) is 18.0 Å². The van der Waals surface area contributed by atoms with Gasteiger partial charge in [-0.2, -0.15) is 0 Å². The van der Waals surface area contributed by atoms with Crippen molar-refractivity contribution < 1.29 is 18.6 Å². The Morgan fingerprint density at radius 1 is 1.18 bits per heavy atom. The molecule has 2 atom stereocenters. The third-order valence-corrected chi connectivity index (χ3v) is 3.80. The van der Waals surface area contributed by atoms with Crippen LogP contribution in [0.25, 0.3) is 0 Å². The summed E-state index contributed by atoms with van der Waals surface area (Å²) in [7, 11) is 4.57. The van der Waals surface area contributed by atoms with Gasteiger partial charge >= 0.3 is 0 Å². The Labute approximate surface area is 129 Å². The van der Waals surface area contributed by atoms with Crippen LogP contribution in [0, 0.1) is 0 Å². The first-order valence-corrected chi connectivity index (χ1v) is 6.83. The molecule has 6 heteroatoms. The standard InChI is InChI=1S/C16H21FN2O3/c1-20-12-5-4-10(13(7-12)21-2)8-16(19)9-11(17)6-14(22-3)15(16)18/h4-7,9,15H,8,18-19H2,1-3H3. The van der Waals surface area contributed by atoms with Crippen LogP contribution in [0.3, 0.4) is 0 Å². The van der Waals surface area contributed by atoms with Gasteiger partial charge in [-0.25, -0.2) is 4.39 Å². The zero-order valence-corrected chi connectivity index (χ0v) is 12.9. The van der Waals surface area contributed by atoms with E-state index in [4.69, 9.17) is 25.7 Å². The summed E-state index contributed by atoms with van der Waals surface area (Å²) in [6, 6.07) is 4.72. The molecule has 1 aliphatic carbocycles. The molecule has 2 unspecified atom stereocenters. The Kier molecular flexibility index (Phi) is 4.73. The summed E-state index contributed by atoms with van der Waals surface area (Å²) >= 11 is 0. The van der Waals surface area contributed by atoms with Crippen LogP contribution < -0.4 is 20.9 Å². The molecule has 0 fully saturated rings. The molecule has 1 aromatic rings. The van der Waals surface area contributed by atoms with Crippen LogP contribution in [-0.2, 0) is 11.2 Å². The highest BCUT2D eigenvalue weighted by atomic mass is 19.1. The molecule has 0 amide bonds. The summed E-state index contributed by atoms with van der Waals surface area (Å²) in [6.07, 6.45) is 2.88. The number of halogens is 1. The van der Waals surface area contributed by atoms with Gasteiger partial charge in [-0.05, 0) is 24.1 Å². The quantitative estimate of drug-likeness (QED) is 0.865. The lowest BCUT2D eigenvalue weighted by molar-refractivity contribution is 0.231. The van der Waals surface area contributed by atoms with Crippen molar-refractivity contribution in [2.75, 3.05) is 21.3 Å². The van der Waals surface area contributed by atoms with E-state index in [9.17, 15) is 4.39 Å². The highest BCUT2D eigenvalue weighted by Gasteiger charge is 2.38. The molecule has 2 rings (SSSR count). The summed E-state index contributed by atoms with van der Waals surface area (Å²) in [4.78, 5) is 0. The fraction of sp³-hybridized carbons (Fsp3) is 0.375. The van der Waals surface area contributed by atoms with Gasteiger partial charge in [0.05, 0.1) is 32.9 Å². The van der Waals surface area contributed by atoms with Crippen LogP contribution >= 0.6 is 0 Å². The normalized spacial score (nSPS) is 24.4. The van der Waals surface area contributed by atoms with Crippen LogP contribution in [-0.4, -0.2) is 32.9 Å². The molecule has 22 heavy (non-hydrogen) atoms. The van der Waals surface area contributed by atoms with E-state index in [1.54, 1.807) is 26.4 Å². The fourth-order valence-electron chi connectivity index (χ4n) is 2.55. The van der Waals surface area contributed by atoms with E-state index in [1.807, 2.05) is 6.07 Å². The Bertz CT molecular complexity index is 615. The molecule has 1 aliphatic rings. The van der Waals surface area contributed by atoms with Crippen molar-refractivity contribution in [3.63, 3.8) is 0 Å². The second-order valence-corrected chi connectivity index (χ2v) is 5.22. The SMILES string of the molecule is COC1=CC(F)=CC(N)(Cc2ccc(OC)cc2OC)C1N. The minimum absolute atomic E-state index is 0.301. The molecule has 0 aliphatic heterocycles. The van der Waals surface area contributed by atoms with Gasteiger partial charge in [-0.1, -0.05) is 6.07 Å². The van der Waals surface area contributed by atoms with Crippen LogP contribution in [0.1, 0.15) is 5.56 Å². The molecular weight excluding hydrogens is 287 g/mol. The molecule has 0 spiro atoms. The first-order chi connectivity index (χ1) is 10.4. The van der Waals surface area contributed by atoms with E-state index in [2.05, 4.69) is 0 Å². The lowest BCUT2D eigenvalue weighted by Gasteiger charge is -2.36. The van der Waals surface area contributed by atoms with Crippen molar-refractivity contribution >= 4 is 0 Å². The lowest BCUT2D eigenvalue weighted by Crippen LogP contribution is -2.57. The molecule has 5 nitrogen and oxygen atoms in total. The average Bonchev–Trinajstić information content (AvgIpc) is 2.51. The molecule has 4 N–H and O–H groups in total. The Hall–Kier alpha value is -2.05. The smallest absolute Gasteiger partial charge is 0.125 e. The summed E-state index contributed by atoms with van der Waals surface area (Å²) in [5, 5.41) is 0. The highest BCUT2D eigenvalue weighted by molar-refractivity contribution is 5.44. The minimum atomic E-state index is -1.11. The molecule has 0 heterocycles. The van der Waals surface area contributed by atoms with Crippen molar-refractivity contribution in [2.24, 2.45) is 11.5 Å². The van der Waals surface area contributed by atoms with Crippen LogP contribution in [0.15, 0.2) is 41.9 Å². The summed E-state index contributed by atoms with van der Waals surface area (Å²) in [5.74, 6) is 1.13. The lowest BCUT2D eigenvalue weighted by atomic mass is 9.80. The van der Waals surface area contributed by atoms with E-state index >= 15 is 0 Å². The molecule has 0 radical (unpaired) electrons. The Morgan fingerprint density at radius 3 is 2.50 bits per heavy atom. The maximum absolute atomic E-state index is 13.8. The third-order valence-electron chi connectivity index (χ3n) is 3.80. The van der Waals surface area contributed by atoms with Gasteiger partial charge in [0, 0.05) is 12.1 Å². The summed E-state index contributed by atoms with van der Waals surface area (Å²) in [5.41, 5.74) is 12.2. The first kappa shape index (κ1) is 16.3. The summed E-state index contributed by atoms with van der Waals surface area (Å²) < 4.78 is 29.5. The maximum Gasteiger partial charge on any atom is 0.125 e. The minimum Gasteiger partial charge on any atom is -0.499 e. The topological polar surface area (TPSA) is 79.7 Å². The number of hydrogen-bond donors (Lipinski definition) is 2. The van der Waals surface area contributed by atoms with Crippen LogP contribution in [0.4, 0.5) is 4.39 Å². The molecule has 120 valence electrons. The second kappa shape index (κ2) is 6.37. The highest BCUT2D eigenvalue weighted by Crippen LogP contribution is 2.32. The summed E-state index contributed by atoms with van der Waals surface area (Å²) in [6.45, 7) is 0. The molecule has 0 bridgehead atoms. The average molecular weight is 308 g/mol. The number of methoxy groups -OCH3 is 3. The van der Waals surface area contributed by atoms with E-state index in [0.717, 1.165) is 5.56 Å². The van der Waals surface area contributed by atoms with Gasteiger partial charge in [-0.15, -0.1) is 0 Å². The van der Waals surface area contributed by atoms with E-state index in [0.29, 0.717) is 23.7 Å². The van der Waals surface area contributed by atoms with E-state index < -0.39 is 17.4 Å². The fourth-order valence-corrected chi connectivity index (χ4v) is 2.55. The zero-order chi connectivity index (χ0) is 16.3. The van der Waals surface area contributed by atoms with Gasteiger partial charge in [0.2, 0.25) is 0 Å². The number of ether oxygens (including phenoxy) is 3. The van der Waals surface area contributed by atoms with E-state index in [-0.39, 0.29) is 0 Å². The molecule has 0 saturated carbocycles. The maximum atomic E-state index is 13.8. The molecule has 0 aromatic heterocycles. The largest absolute Gasteiger partial charge is 0.499 e. The van der Waals surface area contributed by atoms with Crippen LogP contribution in [0.2, 0.25) is 0 Å².